The normalized spacial score (nSPS) is 11.2. The highest BCUT2D eigenvalue weighted by molar-refractivity contribution is 5.79. The fourth-order valence-electron chi connectivity index (χ4n) is 2.30. The Hall–Kier alpha value is -2.90. The summed E-state index contributed by atoms with van der Waals surface area (Å²) in [6.07, 6.45) is -4.57. The number of amides is 1. The third kappa shape index (κ3) is 4.79. The van der Waals surface area contributed by atoms with Gasteiger partial charge < -0.3 is 4.90 Å². The molecule has 2 rings (SSSR count). The molecule has 0 aliphatic heterocycles. The second-order valence-electron chi connectivity index (χ2n) is 5.51. The Morgan fingerprint density at radius 1 is 1.12 bits per heavy atom. The fraction of sp³-hybridized carbons (Fsp3) is 0.235. The van der Waals surface area contributed by atoms with Gasteiger partial charge in [0.2, 0.25) is 5.91 Å². The molecule has 0 saturated heterocycles. The van der Waals surface area contributed by atoms with Crippen molar-refractivity contribution in [2.24, 2.45) is 0 Å². The predicted molar refractivity (Wildman–Crippen MR) is 84.7 cm³/mol. The predicted octanol–water partition coefficient (Wildman–Crippen LogP) is 3.81. The molecule has 0 N–H and O–H groups in total. The SMILES string of the molecule is CN(Cc1ccc(C(F)(F)F)cc1)C(=O)Cc1ccccc1[N+](=O)[O-]. The lowest BCUT2D eigenvalue weighted by atomic mass is 10.1. The summed E-state index contributed by atoms with van der Waals surface area (Å²) in [7, 11) is 1.49. The lowest BCUT2D eigenvalue weighted by Gasteiger charge is -2.18. The Balaban J connectivity index is 2.05. The molecule has 0 atom stereocenters. The summed E-state index contributed by atoms with van der Waals surface area (Å²) in [5.41, 5.74) is -0.0768. The summed E-state index contributed by atoms with van der Waals surface area (Å²) in [4.78, 5) is 24.0. The average molecular weight is 352 g/mol. The molecule has 0 aliphatic rings. The minimum atomic E-state index is -4.41. The minimum Gasteiger partial charge on any atom is -0.341 e. The summed E-state index contributed by atoms with van der Waals surface area (Å²) >= 11 is 0. The third-order valence-corrected chi connectivity index (χ3v) is 3.66. The van der Waals surface area contributed by atoms with Crippen molar-refractivity contribution in [3.8, 4) is 0 Å². The first-order valence-electron chi connectivity index (χ1n) is 7.31. The first kappa shape index (κ1) is 18.4. The number of rotatable bonds is 5. The Labute approximate surface area is 141 Å². The molecule has 0 aliphatic carbocycles. The maximum Gasteiger partial charge on any atom is 0.416 e. The Morgan fingerprint density at radius 3 is 2.28 bits per heavy atom. The zero-order valence-electron chi connectivity index (χ0n) is 13.3. The summed E-state index contributed by atoms with van der Waals surface area (Å²) in [5.74, 6) is -0.366. The quantitative estimate of drug-likeness (QED) is 0.607. The zero-order chi connectivity index (χ0) is 18.6. The Morgan fingerprint density at radius 2 is 1.72 bits per heavy atom. The van der Waals surface area contributed by atoms with Crippen LogP contribution in [0.4, 0.5) is 18.9 Å². The van der Waals surface area contributed by atoms with Gasteiger partial charge in [0.05, 0.1) is 16.9 Å². The monoisotopic (exact) mass is 352 g/mol. The molecule has 132 valence electrons. The Bertz CT molecular complexity index is 773. The molecule has 2 aromatic carbocycles. The van der Waals surface area contributed by atoms with Crippen LogP contribution in [-0.4, -0.2) is 22.8 Å². The van der Waals surface area contributed by atoms with Gasteiger partial charge in [-0.3, -0.25) is 14.9 Å². The van der Waals surface area contributed by atoms with Gasteiger partial charge in [-0.05, 0) is 17.7 Å². The fourth-order valence-corrected chi connectivity index (χ4v) is 2.30. The number of likely N-dealkylation sites (N-methyl/N-ethyl adjacent to an activating group) is 1. The second kappa shape index (κ2) is 7.33. The highest BCUT2D eigenvalue weighted by atomic mass is 19.4. The lowest BCUT2D eigenvalue weighted by Crippen LogP contribution is -2.28. The summed E-state index contributed by atoms with van der Waals surface area (Å²) < 4.78 is 37.6. The molecular formula is C17H15F3N2O3. The summed E-state index contributed by atoms with van der Waals surface area (Å²) in [5, 5.41) is 11.0. The van der Waals surface area contributed by atoms with Crippen LogP contribution < -0.4 is 0 Å². The molecule has 0 bridgehead atoms. The van der Waals surface area contributed by atoms with Gasteiger partial charge in [-0.25, -0.2) is 0 Å². The van der Waals surface area contributed by atoms with Crippen LogP contribution in [0, 0.1) is 10.1 Å². The molecule has 25 heavy (non-hydrogen) atoms. The van der Waals surface area contributed by atoms with Crippen molar-refractivity contribution in [3.63, 3.8) is 0 Å². The summed E-state index contributed by atoms with van der Waals surface area (Å²) in [6.45, 7) is 0.109. The molecule has 8 heteroatoms. The van der Waals surface area contributed by atoms with Gasteiger partial charge in [0.25, 0.3) is 5.69 Å². The number of para-hydroxylation sites is 1. The van der Waals surface area contributed by atoms with Crippen LogP contribution in [0.5, 0.6) is 0 Å². The molecule has 0 aromatic heterocycles. The first-order chi connectivity index (χ1) is 11.7. The number of halogens is 3. The van der Waals surface area contributed by atoms with E-state index in [1.54, 1.807) is 6.07 Å². The van der Waals surface area contributed by atoms with E-state index in [9.17, 15) is 28.1 Å². The van der Waals surface area contributed by atoms with Gasteiger partial charge in [-0.15, -0.1) is 0 Å². The van der Waals surface area contributed by atoms with Crippen LogP contribution in [0.2, 0.25) is 0 Å². The molecule has 2 aromatic rings. The number of carbonyl (C=O) groups excluding carboxylic acids is 1. The van der Waals surface area contributed by atoms with Crippen LogP contribution in [0.15, 0.2) is 48.5 Å². The molecule has 0 heterocycles. The highest BCUT2D eigenvalue weighted by Crippen LogP contribution is 2.29. The van der Waals surface area contributed by atoms with Gasteiger partial charge in [-0.1, -0.05) is 30.3 Å². The number of nitro groups is 1. The van der Waals surface area contributed by atoms with Crippen LogP contribution in [0.25, 0.3) is 0 Å². The van der Waals surface area contributed by atoms with E-state index in [4.69, 9.17) is 0 Å². The van der Waals surface area contributed by atoms with Crippen molar-refractivity contribution < 1.29 is 22.9 Å². The molecule has 5 nitrogen and oxygen atoms in total. The smallest absolute Gasteiger partial charge is 0.341 e. The molecular weight excluding hydrogens is 337 g/mol. The lowest BCUT2D eigenvalue weighted by molar-refractivity contribution is -0.385. The molecule has 0 unspecified atom stereocenters. The van der Waals surface area contributed by atoms with Crippen molar-refractivity contribution in [1.82, 2.24) is 4.90 Å². The summed E-state index contributed by atoms with van der Waals surface area (Å²) in [6, 6.07) is 10.4. The number of hydrogen-bond acceptors (Lipinski definition) is 3. The Kier molecular flexibility index (Phi) is 5.41. The second-order valence-corrected chi connectivity index (χ2v) is 5.51. The molecule has 0 fully saturated rings. The van der Waals surface area contributed by atoms with E-state index in [1.807, 2.05) is 0 Å². The van der Waals surface area contributed by atoms with Crippen molar-refractivity contribution in [2.75, 3.05) is 7.05 Å². The van der Waals surface area contributed by atoms with Crippen LogP contribution in [0.1, 0.15) is 16.7 Å². The topological polar surface area (TPSA) is 63.5 Å². The third-order valence-electron chi connectivity index (χ3n) is 3.66. The van der Waals surface area contributed by atoms with Crippen molar-refractivity contribution in [1.29, 1.82) is 0 Å². The number of nitrogens with zero attached hydrogens (tertiary/aromatic N) is 2. The molecule has 1 amide bonds. The van der Waals surface area contributed by atoms with E-state index >= 15 is 0 Å². The largest absolute Gasteiger partial charge is 0.416 e. The number of nitro benzene ring substituents is 1. The van der Waals surface area contributed by atoms with E-state index in [0.29, 0.717) is 5.56 Å². The van der Waals surface area contributed by atoms with Crippen molar-refractivity contribution >= 4 is 11.6 Å². The van der Waals surface area contributed by atoms with Gasteiger partial charge in [0.1, 0.15) is 0 Å². The van der Waals surface area contributed by atoms with Crippen molar-refractivity contribution in [3.05, 3.63) is 75.3 Å². The molecule has 0 saturated carbocycles. The molecule has 0 radical (unpaired) electrons. The highest BCUT2D eigenvalue weighted by Gasteiger charge is 2.30. The van der Waals surface area contributed by atoms with Gasteiger partial charge in [0, 0.05) is 25.2 Å². The number of alkyl halides is 3. The maximum absolute atomic E-state index is 12.5. The van der Waals surface area contributed by atoms with Crippen LogP contribution in [-0.2, 0) is 23.9 Å². The van der Waals surface area contributed by atoms with E-state index in [-0.39, 0.29) is 30.1 Å². The van der Waals surface area contributed by atoms with Gasteiger partial charge in [-0.2, -0.15) is 13.2 Å². The standard InChI is InChI=1S/C17H15F3N2O3/c1-21(11-12-6-8-14(9-7-12)17(18,19)20)16(23)10-13-4-2-3-5-15(13)22(24)25/h2-9H,10-11H2,1H3. The van der Waals surface area contributed by atoms with Crippen LogP contribution in [0.3, 0.4) is 0 Å². The molecule has 0 spiro atoms. The zero-order valence-corrected chi connectivity index (χ0v) is 13.3. The average Bonchev–Trinajstić information content (AvgIpc) is 2.54. The van der Waals surface area contributed by atoms with E-state index < -0.39 is 16.7 Å². The van der Waals surface area contributed by atoms with Crippen molar-refractivity contribution in [2.45, 2.75) is 19.1 Å². The van der Waals surface area contributed by atoms with Gasteiger partial charge >= 0.3 is 6.18 Å². The van der Waals surface area contributed by atoms with Gasteiger partial charge in [0.15, 0.2) is 0 Å². The van der Waals surface area contributed by atoms with Crippen LogP contribution >= 0.6 is 0 Å². The van der Waals surface area contributed by atoms with E-state index in [2.05, 4.69) is 0 Å². The number of benzene rings is 2. The number of carbonyl (C=O) groups is 1. The number of hydrogen-bond donors (Lipinski definition) is 0. The van der Waals surface area contributed by atoms with E-state index in [1.165, 1.54) is 42.3 Å². The first-order valence-corrected chi connectivity index (χ1v) is 7.31. The van der Waals surface area contributed by atoms with E-state index in [0.717, 1.165) is 12.1 Å². The maximum atomic E-state index is 12.5. The minimum absolute atomic E-state index is 0.109.